The molecule has 2 aliphatic rings. The van der Waals surface area contributed by atoms with Gasteiger partial charge in [0.05, 0.1) is 17.3 Å². The number of anilines is 1. The zero-order valence-electron chi connectivity index (χ0n) is 20.7. The minimum absolute atomic E-state index is 0.0411. The van der Waals surface area contributed by atoms with Gasteiger partial charge in [0.2, 0.25) is 5.95 Å². The number of phenolic OH excluding ortho intramolecular Hbond substituents is 1. The monoisotopic (exact) mass is 490 g/mol. The van der Waals surface area contributed by atoms with Gasteiger partial charge in [-0.2, -0.15) is 0 Å². The number of aromatic hydroxyl groups is 1. The summed E-state index contributed by atoms with van der Waals surface area (Å²) in [5, 5.41) is 10.3. The van der Waals surface area contributed by atoms with Crippen molar-refractivity contribution < 1.29 is 9.90 Å². The molecule has 2 heterocycles. The fourth-order valence-corrected chi connectivity index (χ4v) is 5.70. The number of ketones is 1. The fourth-order valence-electron chi connectivity index (χ4n) is 5.70. The number of hydrogen-bond donors (Lipinski definition) is 1. The molecule has 3 aromatic carbocycles. The first-order valence-electron chi connectivity index (χ1n) is 12.9. The Morgan fingerprint density at radius 1 is 0.784 bits per heavy atom. The van der Waals surface area contributed by atoms with Gasteiger partial charge >= 0.3 is 0 Å². The van der Waals surface area contributed by atoms with E-state index in [9.17, 15) is 9.90 Å². The molecule has 6 heteroatoms. The molecule has 0 amide bonds. The molecule has 4 aromatic rings. The lowest BCUT2D eigenvalue weighted by atomic mass is 9.82. The molecule has 186 valence electrons. The summed E-state index contributed by atoms with van der Waals surface area (Å²) in [7, 11) is 0. The van der Waals surface area contributed by atoms with E-state index in [4.69, 9.17) is 4.98 Å². The molecular formula is C31H30N4O2. The molecule has 6 nitrogen and oxygen atoms in total. The van der Waals surface area contributed by atoms with Gasteiger partial charge in [0.1, 0.15) is 5.75 Å². The van der Waals surface area contributed by atoms with Gasteiger partial charge in [-0.05, 0) is 29.2 Å². The van der Waals surface area contributed by atoms with Gasteiger partial charge in [-0.3, -0.25) is 9.69 Å². The van der Waals surface area contributed by atoms with Gasteiger partial charge < -0.3 is 10.0 Å². The summed E-state index contributed by atoms with van der Waals surface area (Å²) in [6.07, 6.45) is 2.69. The van der Waals surface area contributed by atoms with Crippen molar-refractivity contribution in [3.05, 3.63) is 119 Å². The smallest absolute Gasteiger partial charge is 0.225 e. The van der Waals surface area contributed by atoms with E-state index < -0.39 is 0 Å². The highest BCUT2D eigenvalue weighted by Crippen LogP contribution is 2.36. The summed E-state index contributed by atoms with van der Waals surface area (Å²) in [5.41, 5.74) is 4.79. The van der Waals surface area contributed by atoms with Gasteiger partial charge in [0.25, 0.3) is 0 Å². The number of Topliss-reactive ketones (excluding diaryl/α,β-unsaturated/α-hetero) is 1. The van der Waals surface area contributed by atoms with Crippen LogP contribution in [0.15, 0.2) is 91.1 Å². The molecule has 0 saturated carbocycles. The third kappa shape index (κ3) is 4.72. The Labute approximate surface area is 217 Å². The van der Waals surface area contributed by atoms with Crippen molar-refractivity contribution in [2.75, 3.05) is 31.1 Å². The Bertz CT molecular complexity index is 1350. The van der Waals surface area contributed by atoms with Crippen LogP contribution in [-0.4, -0.2) is 51.9 Å². The number of piperazine rings is 1. The molecule has 6 rings (SSSR count). The molecule has 1 N–H and O–H groups in total. The number of nitrogens with zero attached hydrogens (tertiary/aromatic N) is 4. The second-order valence-electron chi connectivity index (χ2n) is 9.86. The van der Waals surface area contributed by atoms with Gasteiger partial charge in [-0.25, -0.2) is 9.97 Å². The van der Waals surface area contributed by atoms with E-state index in [2.05, 4.69) is 75.4 Å². The van der Waals surface area contributed by atoms with E-state index in [0.717, 1.165) is 37.4 Å². The van der Waals surface area contributed by atoms with Crippen molar-refractivity contribution in [3.8, 4) is 5.75 Å². The van der Waals surface area contributed by atoms with Gasteiger partial charge in [0, 0.05) is 44.7 Å². The van der Waals surface area contributed by atoms with Crippen LogP contribution in [-0.2, 0) is 6.42 Å². The second kappa shape index (κ2) is 10.1. The van der Waals surface area contributed by atoms with Crippen LogP contribution in [0.1, 0.15) is 51.1 Å². The molecule has 1 atom stereocenters. The summed E-state index contributed by atoms with van der Waals surface area (Å²) in [6.45, 7) is 3.39. The van der Waals surface area contributed by atoms with Crippen molar-refractivity contribution in [1.29, 1.82) is 0 Å². The molecule has 0 bridgehead atoms. The molecule has 0 spiro atoms. The summed E-state index contributed by atoms with van der Waals surface area (Å²) in [6, 6.07) is 28.8. The van der Waals surface area contributed by atoms with Crippen molar-refractivity contribution in [1.82, 2.24) is 14.9 Å². The molecule has 0 unspecified atom stereocenters. The maximum absolute atomic E-state index is 12.9. The van der Waals surface area contributed by atoms with Crippen LogP contribution in [0, 0.1) is 0 Å². The summed E-state index contributed by atoms with van der Waals surface area (Å²) < 4.78 is 0. The first-order valence-corrected chi connectivity index (χ1v) is 12.9. The van der Waals surface area contributed by atoms with E-state index >= 15 is 0 Å². The van der Waals surface area contributed by atoms with E-state index in [-0.39, 0.29) is 23.5 Å². The SMILES string of the molecule is O=C1C[C@H](c2ccccc2O)Cc2nc(N3CCN(C(c4ccccc4)c4ccccc4)CC3)ncc21. The highest BCUT2D eigenvalue weighted by Gasteiger charge is 2.31. The fraction of sp³-hybridized carbons (Fsp3) is 0.258. The maximum Gasteiger partial charge on any atom is 0.225 e. The van der Waals surface area contributed by atoms with E-state index in [1.54, 1.807) is 18.3 Å². The number of benzene rings is 3. The predicted octanol–water partition coefficient (Wildman–Crippen LogP) is 5.01. The maximum atomic E-state index is 12.9. The molecule has 37 heavy (non-hydrogen) atoms. The Hall–Kier alpha value is -4.03. The first kappa shape index (κ1) is 23.4. The molecule has 1 saturated heterocycles. The highest BCUT2D eigenvalue weighted by atomic mass is 16.3. The van der Waals surface area contributed by atoms with E-state index in [1.807, 2.05) is 12.1 Å². The predicted molar refractivity (Wildman–Crippen MR) is 144 cm³/mol. The number of aromatic nitrogens is 2. The summed E-state index contributed by atoms with van der Waals surface area (Å²) >= 11 is 0. The molecule has 1 aliphatic carbocycles. The van der Waals surface area contributed by atoms with Crippen molar-refractivity contribution >= 4 is 11.7 Å². The number of fused-ring (bicyclic) bond motifs is 1. The minimum Gasteiger partial charge on any atom is -0.508 e. The lowest BCUT2D eigenvalue weighted by Gasteiger charge is -2.40. The number of para-hydroxylation sites is 1. The molecule has 0 radical (unpaired) electrons. The van der Waals surface area contributed by atoms with Crippen LogP contribution in [0.2, 0.25) is 0 Å². The third-order valence-corrected chi connectivity index (χ3v) is 7.60. The van der Waals surface area contributed by atoms with Crippen LogP contribution >= 0.6 is 0 Å². The Balaban J connectivity index is 1.21. The largest absolute Gasteiger partial charge is 0.508 e. The quantitative estimate of drug-likeness (QED) is 0.424. The second-order valence-corrected chi connectivity index (χ2v) is 9.86. The number of carbonyl (C=O) groups is 1. The molecule has 1 fully saturated rings. The summed E-state index contributed by atoms with van der Waals surface area (Å²) in [4.78, 5) is 27.1. The topological polar surface area (TPSA) is 69.6 Å². The molecule has 1 aromatic heterocycles. The lowest BCUT2D eigenvalue weighted by molar-refractivity contribution is 0.0962. The number of phenols is 1. The number of rotatable bonds is 5. The highest BCUT2D eigenvalue weighted by molar-refractivity contribution is 5.98. The number of carbonyl (C=O) groups excluding carboxylic acids is 1. The number of hydrogen-bond acceptors (Lipinski definition) is 6. The van der Waals surface area contributed by atoms with Gasteiger partial charge in [0.15, 0.2) is 5.78 Å². The summed E-state index contributed by atoms with van der Waals surface area (Å²) in [5.74, 6) is 0.887. The zero-order valence-corrected chi connectivity index (χ0v) is 20.7. The van der Waals surface area contributed by atoms with Crippen molar-refractivity contribution in [3.63, 3.8) is 0 Å². The van der Waals surface area contributed by atoms with Crippen molar-refractivity contribution in [2.24, 2.45) is 0 Å². The Kier molecular flexibility index (Phi) is 6.41. The third-order valence-electron chi connectivity index (χ3n) is 7.60. The van der Waals surface area contributed by atoms with E-state index in [1.165, 1.54) is 11.1 Å². The Morgan fingerprint density at radius 3 is 2.05 bits per heavy atom. The van der Waals surface area contributed by atoms with E-state index in [0.29, 0.717) is 24.4 Å². The zero-order chi connectivity index (χ0) is 25.2. The lowest BCUT2D eigenvalue weighted by Crippen LogP contribution is -2.48. The first-order chi connectivity index (χ1) is 18.2. The molecule has 1 aliphatic heterocycles. The van der Waals surface area contributed by atoms with Crippen LogP contribution in [0.3, 0.4) is 0 Å². The average Bonchev–Trinajstić information content (AvgIpc) is 2.95. The van der Waals surface area contributed by atoms with Gasteiger partial charge in [-0.1, -0.05) is 78.9 Å². The van der Waals surface area contributed by atoms with Gasteiger partial charge in [-0.15, -0.1) is 0 Å². The van der Waals surface area contributed by atoms with Crippen LogP contribution in [0.5, 0.6) is 5.75 Å². The normalized spacial score (nSPS) is 18.1. The van der Waals surface area contributed by atoms with Crippen molar-refractivity contribution in [2.45, 2.75) is 24.8 Å². The standard InChI is InChI=1S/C31H30N4O2/c36-28-14-8-7-13-25(28)24-19-27-26(29(37)20-24)21-32-31(33-27)35-17-15-34(16-18-35)30(22-9-3-1-4-10-22)23-11-5-2-6-12-23/h1-14,21,24,30,36H,15-20H2/t24-/m1/s1. The van der Waals surface area contributed by atoms with Crippen LogP contribution in [0.4, 0.5) is 5.95 Å². The average molecular weight is 491 g/mol. The minimum atomic E-state index is -0.0710. The Morgan fingerprint density at radius 2 is 1.41 bits per heavy atom. The van der Waals surface area contributed by atoms with Crippen LogP contribution < -0.4 is 4.90 Å². The van der Waals surface area contributed by atoms with Crippen LogP contribution in [0.25, 0.3) is 0 Å². The molecular weight excluding hydrogens is 460 g/mol.